The first-order chi connectivity index (χ1) is 14.3. The van der Waals surface area contributed by atoms with Crippen molar-refractivity contribution in [3.8, 4) is 0 Å². The Hall–Kier alpha value is -2.32. The Labute approximate surface area is 178 Å². The second-order valence-corrected chi connectivity index (χ2v) is 8.84. The topological polar surface area (TPSA) is 82.6 Å². The number of carbonyl (C=O) groups is 2. The predicted molar refractivity (Wildman–Crippen MR) is 112 cm³/mol. The van der Waals surface area contributed by atoms with Crippen molar-refractivity contribution in [2.75, 3.05) is 39.3 Å². The van der Waals surface area contributed by atoms with Gasteiger partial charge in [-0.25, -0.2) is 9.59 Å². The second kappa shape index (κ2) is 9.66. The molecule has 166 valence electrons. The molecule has 1 aromatic rings. The van der Waals surface area contributed by atoms with Crippen LogP contribution < -0.4 is 0 Å². The molecule has 0 aromatic heterocycles. The van der Waals surface area contributed by atoms with Crippen LogP contribution in [-0.2, 0) is 16.1 Å². The summed E-state index contributed by atoms with van der Waals surface area (Å²) < 4.78 is 10.9. The molecule has 1 aromatic carbocycles. The monoisotopic (exact) mass is 419 g/mol. The number of benzene rings is 1. The molecule has 2 heterocycles. The van der Waals surface area contributed by atoms with Crippen LogP contribution in [0.15, 0.2) is 30.3 Å². The summed E-state index contributed by atoms with van der Waals surface area (Å²) in [5.74, 6) is 0. The van der Waals surface area contributed by atoms with Crippen LogP contribution in [0.25, 0.3) is 0 Å². The van der Waals surface area contributed by atoms with Crippen LogP contribution in [-0.4, -0.2) is 89.0 Å². The molecule has 2 saturated heterocycles. The fourth-order valence-corrected chi connectivity index (χ4v) is 3.94. The molecule has 0 bridgehead atoms. The van der Waals surface area contributed by atoms with Gasteiger partial charge < -0.3 is 24.4 Å². The first-order valence-electron chi connectivity index (χ1n) is 10.6. The zero-order chi connectivity index (χ0) is 21.7. The van der Waals surface area contributed by atoms with E-state index in [1.165, 1.54) is 0 Å². The standard InChI is InChI=1S/C22H33N3O5/c1-22(2,3)30-21(28)25-15-19(18(25)9-14-26)23-10-12-24(13-11-23)20(27)29-16-17-7-5-4-6-8-17/h4-8,18-19,26H,9-16H2,1-3H3/t18-,19+/m0/s1. The van der Waals surface area contributed by atoms with Crippen molar-refractivity contribution in [2.45, 2.75) is 51.5 Å². The van der Waals surface area contributed by atoms with Gasteiger partial charge in [-0.05, 0) is 32.8 Å². The van der Waals surface area contributed by atoms with Gasteiger partial charge in [-0.15, -0.1) is 0 Å². The molecule has 3 rings (SSSR count). The fourth-order valence-electron chi connectivity index (χ4n) is 3.94. The lowest BCUT2D eigenvalue weighted by Gasteiger charge is -2.53. The summed E-state index contributed by atoms with van der Waals surface area (Å²) in [6.45, 7) is 9.02. The van der Waals surface area contributed by atoms with Crippen LogP contribution in [0.1, 0.15) is 32.8 Å². The second-order valence-electron chi connectivity index (χ2n) is 8.84. The van der Waals surface area contributed by atoms with Gasteiger partial charge in [0.25, 0.3) is 0 Å². The summed E-state index contributed by atoms with van der Waals surface area (Å²) in [7, 11) is 0. The third-order valence-corrected chi connectivity index (χ3v) is 5.53. The average molecular weight is 420 g/mol. The number of aliphatic hydroxyl groups excluding tert-OH is 1. The van der Waals surface area contributed by atoms with Crippen LogP contribution in [0.3, 0.4) is 0 Å². The maximum absolute atomic E-state index is 12.4. The van der Waals surface area contributed by atoms with Crippen molar-refractivity contribution in [3.05, 3.63) is 35.9 Å². The van der Waals surface area contributed by atoms with E-state index < -0.39 is 5.60 Å². The van der Waals surface area contributed by atoms with E-state index in [-0.39, 0.29) is 37.5 Å². The number of aliphatic hydroxyl groups is 1. The molecular weight excluding hydrogens is 386 g/mol. The third kappa shape index (κ3) is 5.64. The van der Waals surface area contributed by atoms with Gasteiger partial charge in [0.1, 0.15) is 12.2 Å². The van der Waals surface area contributed by atoms with E-state index in [1.807, 2.05) is 51.1 Å². The summed E-state index contributed by atoms with van der Waals surface area (Å²) in [5.41, 5.74) is 0.422. The Balaban J connectivity index is 1.47. The lowest BCUT2D eigenvalue weighted by Crippen LogP contribution is -2.70. The highest BCUT2D eigenvalue weighted by molar-refractivity contribution is 5.70. The molecule has 0 radical (unpaired) electrons. The van der Waals surface area contributed by atoms with Crippen molar-refractivity contribution >= 4 is 12.2 Å². The molecule has 8 heteroatoms. The SMILES string of the molecule is CC(C)(C)OC(=O)N1C[C@@H](N2CCN(C(=O)OCc3ccccc3)CC2)[C@@H]1CCO. The van der Waals surface area contributed by atoms with E-state index in [9.17, 15) is 14.7 Å². The molecule has 0 spiro atoms. The van der Waals surface area contributed by atoms with E-state index >= 15 is 0 Å². The van der Waals surface area contributed by atoms with E-state index in [4.69, 9.17) is 9.47 Å². The number of likely N-dealkylation sites (tertiary alicyclic amines) is 1. The van der Waals surface area contributed by atoms with Crippen molar-refractivity contribution < 1.29 is 24.2 Å². The molecule has 0 aliphatic carbocycles. The minimum atomic E-state index is -0.544. The highest BCUT2D eigenvalue weighted by atomic mass is 16.6. The summed E-state index contributed by atoms with van der Waals surface area (Å²) in [6.07, 6.45) is -0.113. The highest BCUT2D eigenvalue weighted by Gasteiger charge is 2.46. The van der Waals surface area contributed by atoms with Crippen LogP contribution in [0.4, 0.5) is 9.59 Å². The third-order valence-electron chi connectivity index (χ3n) is 5.53. The Morgan fingerprint density at radius 2 is 1.73 bits per heavy atom. The Morgan fingerprint density at radius 3 is 2.33 bits per heavy atom. The van der Waals surface area contributed by atoms with Crippen molar-refractivity contribution in [3.63, 3.8) is 0 Å². The van der Waals surface area contributed by atoms with Gasteiger partial charge in [0.15, 0.2) is 0 Å². The summed E-state index contributed by atoms with van der Waals surface area (Å²) in [6, 6.07) is 9.74. The average Bonchev–Trinajstić information content (AvgIpc) is 2.69. The molecular formula is C22H33N3O5. The molecule has 0 saturated carbocycles. The molecule has 2 amide bonds. The quantitative estimate of drug-likeness (QED) is 0.789. The summed E-state index contributed by atoms with van der Waals surface area (Å²) >= 11 is 0. The van der Waals surface area contributed by atoms with Crippen molar-refractivity contribution in [2.24, 2.45) is 0 Å². The Bertz CT molecular complexity index is 713. The molecule has 2 atom stereocenters. The van der Waals surface area contributed by atoms with Crippen LogP contribution in [0.2, 0.25) is 0 Å². The van der Waals surface area contributed by atoms with E-state index in [0.29, 0.717) is 26.1 Å². The fraction of sp³-hybridized carbons (Fsp3) is 0.636. The number of hydrogen-bond acceptors (Lipinski definition) is 6. The first kappa shape index (κ1) is 22.4. The lowest BCUT2D eigenvalue weighted by atomic mass is 9.92. The molecule has 2 aliphatic heterocycles. The smallest absolute Gasteiger partial charge is 0.410 e. The summed E-state index contributed by atoms with van der Waals surface area (Å²) in [5, 5.41) is 9.45. The Morgan fingerprint density at radius 1 is 1.07 bits per heavy atom. The van der Waals surface area contributed by atoms with E-state index in [1.54, 1.807) is 9.80 Å². The lowest BCUT2D eigenvalue weighted by molar-refractivity contribution is -0.0638. The molecule has 30 heavy (non-hydrogen) atoms. The molecule has 2 fully saturated rings. The van der Waals surface area contributed by atoms with Crippen LogP contribution in [0.5, 0.6) is 0 Å². The van der Waals surface area contributed by atoms with Crippen molar-refractivity contribution in [1.82, 2.24) is 14.7 Å². The molecule has 1 N–H and O–H groups in total. The number of ether oxygens (including phenoxy) is 2. The highest BCUT2D eigenvalue weighted by Crippen LogP contribution is 2.29. The van der Waals surface area contributed by atoms with Gasteiger partial charge >= 0.3 is 12.2 Å². The number of piperazine rings is 1. The van der Waals surface area contributed by atoms with Crippen molar-refractivity contribution in [1.29, 1.82) is 0 Å². The summed E-state index contributed by atoms with van der Waals surface area (Å²) in [4.78, 5) is 30.5. The maximum Gasteiger partial charge on any atom is 0.410 e. The minimum Gasteiger partial charge on any atom is -0.445 e. The van der Waals surface area contributed by atoms with Gasteiger partial charge in [0.05, 0.1) is 6.04 Å². The zero-order valence-electron chi connectivity index (χ0n) is 18.1. The van der Waals surface area contributed by atoms with Gasteiger partial charge in [-0.1, -0.05) is 30.3 Å². The van der Waals surface area contributed by atoms with Gasteiger partial charge in [0, 0.05) is 45.4 Å². The van der Waals surface area contributed by atoms with Gasteiger partial charge in [-0.3, -0.25) is 4.90 Å². The van der Waals surface area contributed by atoms with E-state index in [0.717, 1.165) is 18.7 Å². The molecule has 0 unspecified atom stereocenters. The predicted octanol–water partition coefficient (Wildman–Crippen LogP) is 2.31. The number of amides is 2. The van der Waals surface area contributed by atoms with Crippen LogP contribution >= 0.6 is 0 Å². The first-order valence-corrected chi connectivity index (χ1v) is 10.6. The maximum atomic E-state index is 12.4. The number of hydrogen-bond donors (Lipinski definition) is 1. The van der Waals surface area contributed by atoms with E-state index in [2.05, 4.69) is 4.90 Å². The van der Waals surface area contributed by atoms with Crippen LogP contribution in [0, 0.1) is 0 Å². The number of carbonyl (C=O) groups excluding carboxylic acids is 2. The van der Waals surface area contributed by atoms with Gasteiger partial charge in [0.2, 0.25) is 0 Å². The molecule has 2 aliphatic rings. The minimum absolute atomic E-state index is 0.0201. The zero-order valence-corrected chi connectivity index (χ0v) is 18.1. The number of rotatable bonds is 5. The Kier molecular flexibility index (Phi) is 7.20. The van der Waals surface area contributed by atoms with Gasteiger partial charge in [-0.2, -0.15) is 0 Å². The molecule has 8 nitrogen and oxygen atoms in total. The number of nitrogens with zero attached hydrogens (tertiary/aromatic N) is 3. The normalized spacial score (nSPS) is 22.4. The largest absolute Gasteiger partial charge is 0.445 e.